The number of aromatic nitrogens is 1. The SMILES string of the molecule is COC1(c2ccnc(C(N)=O)c2)[C@@H]2CCC[C@H]1CN(C13CC(c4ccccc4)(C1)C3)C2.Cl. The number of pyridine rings is 1. The normalized spacial score (nSPS) is 37.5. The lowest BCUT2D eigenvalue weighted by Crippen LogP contribution is -2.79. The van der Waals surface area contributed by atoms with Gasteiger partial charge in [0, 0.05) is 49.2 Å². The number of likely N-dealkylation sites (tertiary alicyclic amines) is 1. The van der Waals surface area contributed by atoms with Crippen molar-refractivity contribution in [2.45, 2.75) is 55.1 Å². The van der Waals surface area contributed by atoms with Crippen molar-refractivity contribution in [3.05, 3.63) is 65.5 Å². The molecule has 1 aromatic carbocycles. The Bertz CT molecular complexity index is 993. The molecule has 5 fully saturated rings. The Morgan fingerprint density at radius 2 is 1.72 bits per heavy atom. The third-order valence-corrected chi connectivity index (χ3v) is 9.06. The fourth-order valence-corrected chi connectivity index (χ4v) is 7.72. The molecule has 1 saturated heterocycles. The van der Waals surface area contributed by atoms with E-state index >= 15 is 0 Å². The van der Waals surface area contributed by atoms with Crippen molar-refractivity contribution < 1.29 is 9.53 Å². The van der Waals surface area contributed by atoms with Gasteiger partial charge in [-0.25, -0.2) is 0 Å². The van der Waals surface area contributed by atoms with E-state index in [-0.39, 0.29) is 18.0 Å². The summed E-state index contributed by atoms with van der Waals surface area (Å²) >= 11 is 0. The van der Waals surface area contributed by atoms with Crippen LogP contribution in [0.2, 0.25) is 0 Å². The minimum Gasteiger partial charge on any atom is -0.373 e. The average molecular weight is 454 g/mol. The number of amides is 1. The topological polar surface area (TPSA) is 68.5 Å². The van der Waals surface area contributed by atoms with Crippen LogP contribution >= 0.6 is 12.4 Å². The van der Waals surface area contributed by atoms with Crippen LogP contribution in [0.25, 0.3) is 0 Å². The molecule has 1 aromatic heterocycles. The molecular formula is C26H32ClN3O2. The summed E-state index contributed by atoms with van der Waals surface area (Å²) in [4.78, 5) is 18.7. The fraction of sp³-hybridized carbons (Fsp3) is 0.538. The molecule has 5 nitrogen and oxygen atoms in total. The standard InChI is InChI=1S/C26H31N3O2.ClH/c1-31-26(19-10-11-28-22(12-19)23(27)30)20-8-5-9-21(26)14-29(13-20)25-15-24(16-25,17-25)18-6-3-2-4-7-18;/h2-4,6-7,10-12,20-21H,5,8-9,13-17H2,1H3,(H2,27,30);1H/t20-,21+,24?,25?,26?;. The highest BCUT2D eigenvalue weighted by molar-refractivity contribution is 5.90. The summed E-state index contributed by atoms with van der Waals surface area (Å²) in [6.45, 7) is 2.15. The van der Waals surface area contributed by atoms with E-state index in [0.717, 1.165) is 31.5 Å². The second-order valence-electron chi connectivity index (χ2n) is 10.4. The molecule has 0 radical (unpaired) electrons. The summed E-state index contributed by atoms with van der Waals surface area (Å²) < 4.78 is 6.37. The monoisotopic (exact) mass is 453 g/mol. The van der Waals surface area contributed by atoms with Crippen molar-refractivity contribution in [2.75, 3.05) is 20.2 Å². The smallest absolute Gasteiger partial charge is 0.267 e. The van der Waals surface area contributed by atoms with E-state index in [1.165, 1.54) is 31.2 Å². The van der Waals surface area contributed by atoms with E-state index in [9.17, 15) is 4.79 Å². The van der Waals surface area contributed by atoms with Crippen LogP contribution in [0.4, 0.5) is 0 Å². The number of nitrogens with two attached hydrogens (primary N) is 1. The number of ether oxygens (including phenoxy) is 1. The predicted octanol–water partition coefficient (Wildman–Crippen LogP) is 4.05. The molecule has 2 aromatic rings. The highest BCUT2D eigenvalue weighted by atomic mass is 35.5. The van der Waals surface area contributed by atoms with Crippen LogP contribution in [-0.2, 0) is 15.8 Å². The summed E-state index contributed by atoms with van der Waals surface area (Å²) in [5.74, 6) is 0.375. The number of methoxy groups -OCH3 is 1. The lowest BCUT2D eigenvalue weighted by atomic mass is 9.36. The Hall–Kier alpha value is -1.95. The summed E-state index contributed by atoms with van der Waals surface area (Å²) in [6.07, 6.45) is 9.18. The van der Waals surface area contributed by atoms with Crippen LogP contribution < -0.4 is 5.73 Å². The van der Waals surface area contributed by atoms with E-state index in [4.69, 9.17) is 10.5 Å². The van der Waals surface area contributed by atoms with Crippen molar-refractivity contribution in [1.29, 1.82) is 0 Å². The molecule has 1 amide bonds. The quantitative estimate of drug-likeness (QED) is 0.741. The lowest BCUT2D eigenvalue weighted by Gasteiger charge is -2.76. The molecule has 0 spiro atoms. The molecule has 1 aliphatic heterocycles. The first-order chi connectivity index (χ1) is 15.0. The van der Waals surface area contributed by atoms with Crippen molar-refractivity contribution in [1.82, 2.24) is 9.88 Å². The minimum atomic E-state index is -0.476. The van der Waals surface area contributed by atoms with Gasteiger partial charge in [-0.15, -0.1) is 12.4 Å². The first kappa shape index (κ1) is 21.9. The minimum absolute atomic E-state index is 0. The zero-order valence-corrected chi connectivity index (χ0v) is 19.4. The summed E-state index contributed by atoms with van der Waals surface area (Å²) in [5, 5.41) is 0. The Kier molecular flexibility index (Phi) is 5.16. The summed E-state index contributed by atoms with van der Waals surface area (Å²) in [6, 6.07) is 15.0. The highest BCUT2D eigenvalue weighted by Crippen LogP contribution is 2.71. The number of hydrogen-bond donors (Lipinski definition) is 1. The van der Waals surface area contributed by atoms with Gasteiger partial charge >= 0.3 is 0 Å². The molecular weight excluding hydrogens is 422 g/mol. The number of nitrogens with zero attached hydrogens (tertiary/aromatic N) is 2. The van der Waals surface area contributed by atoms with Gasteiger partial charge in [-0.1, -0.05) is 36.8 Å². The molecule has 2 heterocycles. The third kappa shape index (κ3) is 2.84. The number of fused-ring (bicyclic) bond motifs is 2. The molecule has 170 valence electrons. The maximum Gasteiger partial charge on any atom is 0.267 e. The number of carbonyl (C=O) groups is 1. The van der Waals surface area contributed by atoms with E-state index in [2.05, 4.69) is 40.2 Å². The molecule has 2 N–H and O–H groups in total. The van der Waals surface area contributed by atoms with E-state index < -0.39 is 5.91 Å². The number of primary amides is 1. The van der Waals surface area contributed by atoms with Crippen LogP contribution in [0.5, 0.6) is 0 Å². The molecule has 5 aliphatic rings. The van der Waals surface area contributed by atoms with Gasteiger partial charge in [0.15, 0.2) is 0 Å². The highest BCUT2D eigenvalue weighted by Gasteiger charge is 2.72. The van der Waals surface area contributed by atoms with Gasteiger partial charge in [-0.2, -0.15) is 0 Å². The maximum absolute atomic E-state index is 11.8. The van der Waals surface area contributed by atoms with Gasteiger partial charge in [0.1, 0.15) is 11.3 Å². The van der Waals surface area contributed by atoms with Crippen LogP contribution in [0.1, 0.15) is 60.1 Å². The summed E-state index contributed by atoms with van der Waals surface area (Å²) in [7, 11) is 1.84. The third-order valence-electron chi connectivity index (χ3n) is 9.06. The van der Waals surface area contributed by atoms with E-state index in [1.54, 1.807) is 6.20 Å². The number of halogens is 1. The van der Waals surface area contributed by atoms with Crippen molar-refractivity contribution in [3.63, 3.8) is 0 Å². The van der Waals surface area contributed by atoms with Gasteiger partial charge in [0.05, 0.1) is 0 Å². The zero-order chi connectivity index (χ0) is 21.3. The molecule has 6 heteroatoms. The van der Waals surface area contributed by atoms with Crippen LogP contribution in [0.3, 0.4) is 0 Å². The van der Waals surface area contributed by atoms with Gasteiger partial charge < -0.3 is 10.5 Å². The second kappa shape index (κ2) is 7.54. The van der Waals surface area contributed by atoms with Gasteiger partial charge in [0.25, 0.3) is 5.91 Å². The van der Waals surface area contributed by atoms with Gasteiger partial charge in [0.2, 0.25) is 0 Å². The molecule has 1 unspecified atom stereocenters. The molecule has 4 bridgehead atoms. The van der Waals surface area contributed by atoms with Crippen LogP contribution in [-0.4, -0.2) is 41.5 Å². The Morgan fingerprint density at radius 3 is 2.31 bits per heavy atom. The number of carbonyl (C=O) groups excluding carboxylic acids is 1. The molecule has 4 aliphatic carbocycles. The maximum atomic E-state index is 11.8. The molecule has 4 saturated carbocycles. The number of hydrogen-bond acceptors (Lipinski definition) is 4. The van der Waals surface area contributed by atoms with Gasteiger partial charge in [-0.3, -0.25) is 14.7 Å². The molecule has 7 rings (SSSR count). The fourth-order valence-electron chi connectivity index (χ4n) is 7.72. The average Bonchev–Trinajstić information content (AvgIpc) is 2.72. The van der Waals surface area contributed by atoms with Crippen LogP contribution in [0, 0.1) is 11.8 Å². The second-order valence-corrected chi connectivity index (χ2v) is 10.4. The van der Waals surface area contributed by atoms with E-state index in [1.807, 2.05) is 19.2 Å². The first-order valence-corrected chi connectivity index (χ1v) is 11.6. The van der Waals surface area contributed by atoms with Crippen molar-refractivity contribution in [3.8, 4) is 0 Å². The van der Waals surface area contributed by atoms with Crippen molar-refractivity contribution >= 4 is 18.3 Å². The number of benzene rings is 1. The van der Waals surface area contributed by atoms with Crippen LogP contribution in [0.15, 0.2) is 48.7 Å². The summed E-state index contributed by atoms with van der Waals surface area (Å²) in [5.41, 5.74) is 8.93. The van der Waals surface area contributed by atoms with E-state index in [0.29, 0.717) is 28.5 Å². The Morgan fingerprint density at radius 1 is 1.06 bits per heavy atom. The first-order valence-electron chi connectivity index (χ1n) is 11.6. The Labute approximate surface area is 196 Å². The molecule has 3 atom stereocenters. The predicted molar refractivity (Wildman–Crippen MR) is 126 cm³/mol. The Balaban J connectivity index is 0.00000216. The largest absolute Gasteiger partial charge is 0.373 e. The number of piperidine rings is 1. The molecule has 32 heavy (non-hydrogen) atoms. The number of rotatable bonds is 5. The van der Waals surface area contributed by atoms with Crippen molar-refractivity contribution in [2.24, 2.45) is 17.6 Å². The lowest BCUT2D eigenvalue weighted by molar-refractivity contribution is -0.236. The zero-order valence-electron chi connectivity index (χ0n) is 18.6. The van der Waals surface area contributed by atoms with Gasteiger partial charge in [-0.05, 0) is 55.4 Å².